The van der Waals surface area contributed by atoms with Gasteiger partial charge in [0.1, 0.15) is 10.8 Å². The molecule has 3 rings (SSSR count). The number of rotatable bonds is 3. The van der Waals surface area contributed by atoms with Crippen molar-refractivity contribution in [1.29, 1.82) is 0 Å². The van der Waals surface area contributed by atoms with Crippen LogP contribution in [0.3, 0.4) is 0 Å². The third-order valence-electron chi connectivity index (χ3n) is 3.28. The van der Waals surface area contributed by atoms with Gasteiger partial charge in [0.2, 0.25) is 0 Å². The SMILES string of the molecule is CC(C)c1ccc(-c2csc(-c3cn[nH]c3N)n2)cc1. The summed E-state index contributed by atoms with van der Waals surface area (Å²) in [6, 6.07) is 8.55. The van der Waals surface area contributed by atoms with Crippen LogP contribution >= 0.6 is 11.3 Å². The summed E-state index contributed by atoms with van der Waals surface area (Å²) in [5.41, 5.74) is 10.1. The molecule has 4 nitrogen and oxygen atoms in total. The topological polar surface area (TPSA) is 67.6 Å². The predicted molar refractivity (Wildman–Crippen MR) is 83.6 cm³/mol. The van der Waals surface area contributed by atoms with E-state index in [1.807, 2.05) is 5.38 Å². The van der Waals surface area contributed by atoms with E-state index in [0.29, 0.717) is 11.7 Å². The van der Waals surface area contributed by atoms with Crippen LogP contribution in [0.5, 0.6) is 0 Å². The highest BCUT2D eigenvalue weighted by atomic mass is 32.1. The van der Waals surface area contributed by atoms with Crippen molar-refractivity contribution in [2.45, 2.75) is 19.8 Å². The number of nitrogen functional groups attached to an aromatic ring is 1. The molecule has 1 aromatic carbocycles. The summed E-state index contributed by atoms with van der Waals surface area (Å²) < 4.78 is 0. The zero-order valence-electron chi connectivity index (χ0n) is 11.4. The summed E-state index contributed by atoms with van der Waals surface area (Å²) in [6.07, 6.45) is 1.71. The second-order valence-corrected chi connectivity index (χ2v) is 5.87. The monoisotopic (exact) mass is 284 g/mol. The molecule has 0 aliphatic heterocycles. The number of aromatic nitrogens is 3. The number of benzene rings is 1. The van der Waals surface area contributed by atoms with E-state index in [1.165, 1.54) is 5.56 Å². The Balaban J connectivity index is 1.92. The fourth-order valence-electron chi connectivity index (χ4n) is 2.04. The van der Waals surface area contributed by atoms with Crippen LogP contribution in [-0.2, 0) is 0 Å². The minimum Gasteiger partial charge on any atom is -0.383 e. The van der Waals surface area contributed by atoms with Crippen LogP contribution in [-0.4, -0.2) is 15.2 Å². The number of H-pyrrole nitrogens is 1. The number of aromatic amines is 1. The summed E-state index contributed by atoms with van der Waals surface area (Å²) in [5, 5.41) is 9.59. The lowest BCUT2D eigenvalue weighted by atomic mass is 10.0. The van der Waals surface area contributed by atoms with Gasteiger partial charge in [0.05, 0.1) is 17.5 Å². The first-order valence-electron chi connectivity index (χ1n) is 6.50. The van der Waals surface area contributed by atoms with Crippen LogP contribution in [0.1, 0.15) is 25.3 Å². The zero-order valence-corrected chi connectivity index (χ0v) is 12.2. The van der Waals surface area contributed by atoms with Crippen LogP contribution in [0.15, 0.2) is 35.8 Å². The molecule has 0 saturated heterocycles. The lowest BCUT2D eigenvalue weighted by molar-refractivity contribution is 0.867. The van der Waals surface area contributed by atoms with Crippen molar-refractivity contribution in [1.82, 2.24) is 15.2 Å². The molecule has 0 aliphatic carbocycles. The first-order chi connectivity index (χ1) is 9.65. The van der Waals surface area contributed by atoms with Crippen molar-refractivity contribution in [3.63, 3.8) is 0 Å². The van der Waals surface area contributed by atoms with Crippen LogP contribution in [0.25, 0.3) is 21.8 Å². The molecule has 0 radical (unpaired) electrons. The van der Waals surface area contributed by atoms with Gasteiger partial charge in [-0.1, -0.05) is 38.1 Å². The van der Waals surface area contributed by atoms with Crippen molar-refractivity contribution in [3.05, 3.63) is 41.4 Å². The molecule has 0 bridgehead atoms. The molecule has 0 atom stereocenters. The Morgan fingerprint density at radius 1 is 1.20 bits per heavy atom. The highest BCUT2D eigenvalue weighted by Crippen LogP contribution is 2.31. The standard InChI is InChI=1S/C15H16N4S/c1-9(2)10-3-5-11(6-4-10)13-8-20-15(18-13)12-7-17-19-14(12)16/h3-9H,1-2H3,(H3,16,17,19). The Labute approximate surface area is 121 Å². The molecule has 0 unspecified atom stereocenters. The smallest absolute Gasteiger partial charge is 0.129 e. The first-order valence-corrected chi connectivity index (χ1v) is 7.38. The van der Waals surface area contributed by atoms with Gasteiger partial charge in [0.25, 0.3) is 0 Å². The van der Waals surface area contributed by atoms with Crippen LogP contribution in [0.2, 0.25) is 0 Å². The van der Waals surface area contributed by atoms with E-state index in [0.717, 1.165) is 21.8 Å². The molecule has 0 saturated carbocycles. The van der Waals surface area contributed by atoms with Gasteiger partial charge in [0.15, 0.2) is 0 Å². The number of hydrogen-bond acceptors (Lipinski definition) is 4. The lowest BCUT2D eigenvalue weighted by Gasteiger charge is -2.05. The summed E-state index contributed by atoms with van der Waals surface area (Å²) >= 11 is 1.58. The molecule has 5 heteroatoms. The van der Waals surface area contributed by atoms with E-state index in [4.69, 9.17) is 5.73 Å². The number of thiazole rings is 1. The molecule has 0 aliphatic rings. The molecular weight excluding hydrogens is 268 g/mol. The van der Waals surface area contributed by atoms with Gasteiger partial charge >= 0.3 is 0 Å². The van der Waals surface area contributed by atoms with Crippen LogP contribution in [0.4, 0.5) is 5.82 Å². The predicted octanol–water partition coefficient (Wildman–Crippen LogP) is 3.91. The van der Waals surface area contributed by atoms with Crippen molar-refractivity contribution < 1.29 is 0 Å². The van der Waals surface area contributed by atoms with Gasteiger partial charge in [-0.05, 0) is 11.5 Å². The minimum atomic E-state index is 0.542. The maximum atomic E-state index is 5.82. The van der Waals surface area contributed by atoms with Crippen molar-refractivity contribution >= 4 is 17.2 Å². The third kappa shape index (κ3) is 2.32. The van der Waals surface area contributed by atoms with Crippen LogP contribution < -0.4 is 5.73 Å². The number of nitrogens with zero attached hydrogens (tertiary/aromatic N) is 2. The van der Waals surface area contributed by atoms with Gasteiger partial charge in [-0.3, -0.25) is 5.10 Å². The highest BCUT2D eigenvalue weighted by Gasteiger charge is 2.11. The van der Waals surface area contributed by atoms with E-state index in [2.05, 4.69) is 53.3 Å². The highest BCUT2D eigenvalue weighted by molar-refractivity contribution is 7.13. The Hall–Kier alpha value is -2.14. The molecule has 0 amide bonds. The van der Waals surface area contributed by atoms with Gasteiger partial charge in [-0.2, -0.15) is 5.10 Å². The molecule has 20 heavy (non-hydrogen) atoms. The second-order valence-electron chi connectivity index (χ2n) is 5.01. The third-order valence-corrected chi connectivity index (χ3v) is 4.15. The zero-order chi connectivity index (χ0) is 14.1. The average Bonchev–Trinajstić information content (AvgIpc) is 3.07. The van der Waals surface area contributed by atoms with Crippen molar-refractivity contribution in [2.24, 2.45) is 0 Å². The number of nitrogens with one attached hydrogen (secondary N) is 1. The summed E-state index contributed by atoms with van der Waals surface area (Å²) in [7, 11) is 0. The largest absolute Gasteiger partial charge is 0.383 e. The molecule has 0 spiro atoms. The van der Waals surface area contributed by atoms with E-state index in [-0.39, 0.29) is 0 Å². The molecule has 3 N–H and O–H groups in total. The average molecular weight is 284 g/mol. The van der Waals surface area contributed by atoms with Crippen LogP contribution in [0, 0.1) is 0 Å². The number of hydrogen-bond donors (Lipinski definition) is 2. The van der Waals surface area contributed by atoms with Gasteiger partial charge in [-0.25, -0.2) is 4.98 Å². The lowest BCUT2D eigenvalue weighted by Crippen LogP contribution is -1.88. The summed E-state index contributed by atoms with van der Waals surface area (Å²) in [5.74, 6) is 1.10. The Bertz CT molecular complexity index is 710. The van der Waals surface area contributed by atoms with Crippen molar-refractivity contribution in [2.75, 3.05) is 5.73 Å². The first kappa shape index (κ1) is 12.9. The van der Waals surface area contributed by atoms with E-state index < -0.39 is 0 Å². The van der Waals surface area contributed by atoms with E-state index >= 15 is 0 Å². The fraction of sp³-hybridized carbons (Fsp3) is 0.200. The quantitative estimate of drug-likeness (QED) is 0.766. The van der Waals surface area contributed by atoms with Gasteiger partial charge in [-0.15, -0.1) is 11.3 Å². The molecule has 102 valence electrons. The maximum absolute atomic E-state index is 5.82. The van der Waals surface area contributed by atoms with E-state index in [9.17, 15) is 0 Å². The molecule has 2 heterocycles. The fourth-order valence-corrected chi connectivity index (χ4v) is 2.89. The Kier molecular flexibility index (Phi) is 3.28. The van der Waals surface area contributed by atoms with E-state index in [1.54, 1.807) is 17.5 Å². The van der Waals surface area contributed by atoms with Crippen molar-refractivity contribution in [3.8, 4) is 21.8 Å². The number of anilines is 1. The second kappa shape index (κ2) is 5.09. The Morgan fingerprint density at radius 3 is 2.55 bits per heavy atom. The summed E-state index contributed by atoms with van der Waals surface area (Å²) in [4.78, 5) is 4.64. The Morgan fingerprint density at radius 2 is 1.95 bits per heavy atom. The van der Waals surface area contributed by atoms with Gasteiger partial charge in [0, 0.05) is 10.9 Å². The number of nitrogens with two attached hydrogens (primary N) is 1. The van der Waals surface area contributed by atoms with Gasteiger partial charge < -0.3 is 5.73 Å². The molecule has 3 aromatic rings. The molecular formula is C15H16N4S. The summed E-state index contributed by atoms with van der Waals surface area (Å²) in [6.45, 7) is 4.38. The molecule has 2 aromatic heterocycles. The molecule has 0 fully saturated rings. The minimum absolute atomic E-state index is 0.542. The maximum Gasteiger partial charge on any atom is 0.129 e. The normalized spacial score (nSPS) is 11.2.